The molecule has 18 heavy (non-hydrogen) atoms. The fourth-order valence-electron chi connectivity index (χ4n) is 2.03. The minimum absolute atomic E-state index is 0.201. The molecular formula is C15H21ClN2. The minimum Gasteiger partial charge on any atom is -0.345 e. The van der Waals surface area contributed by atoms with Crippen LogP contribution in [0.4, 0.5) is 0 Å². The van der Waals surface area contributed by atoms with Crippen LogP contribution in [-0.2, 0) is 6.54 Å². The van der Waals surface area contributed by atoms with E-state index in [2.05, 4.69) is 48.9 Å². The molecule has 0 atom stereocenters. The number of aromatic nitrogens is 1. The average Bonchev–Trinajstić information content (AvgIpc) is 2.67. The maximum Gasteiger partial charge on any atom is 0.0661 e. The van der Waals surface area contributed by atoms with Crippen molar-refractivity contribution in [3.05, 3.63) is 35.5 Å². The van der Waals surface area contributed by atoms with Crippen molar-refractivity contribution >= 4 is 22.5 Å². The summed E-state index contributed by atoms with van der Waals surface area (Å²) in [6.45, 7) is 8.56. The highest BCUT2D eigenvalue weighted by molar-refractivity contribution is 6.35. The van der Waals surface area contributed by atoms with Gasteiger partial charge in [0, 0.05) is 35.7 Å². The lowest BCUT2D eigenvalue weighted by atomic mass is 10.0. The number of hydrogen-bond donors (Lipinski definition) is 1. The Hall–Kier alpha value is -0.990. The monoisotopic (exact) mass is 264 g/mol. The van der Waals surface area contributed by atoms with E-state index in [-0.39, 0.29) is 5.54 Å². The van der Waals surface area contributed by atoms with Crippen LogP contribution in [0.2, 0.25) is 5.02 Å². The summed E-state index contributed by atoms with van der Waals surface area (Å²) in [7, 11) is 0. The van der Waals surface area contributed by atoms with Gasteiger partial charge in [-0.25, -0.2) is 0 Å². The van der Waals surface area contributed by atoms with Gasteiger partial charge in [-0.1, -0.05) is 36.7 Å². The fourth-order valence-corrected chi connectivity index (χ4v) is 2.30. The van der Waals surface area contributed by atoms with Crippen LogP contribution in [0.5, 0.6) is 0 Å². The van der Waals surface area contributed by atoms with E-state index in [4.69, 9.17) is 11.6 Å². The van der Waals surface area contributed by atoms with Crippen molar-refractivity contribution in [3.63, 3.8) is 0 Å². The van der Waals surface area contributed by atoms with Crippen molar-refractivity contribution in [1.29, 1.82) is 0 Å². The Balaban J connectivity index is 2.09. The first kappa shape index (κ1) is 13.4. The molecule has 0 aliphatic rings. The van der Waals surface area contributed by atoms with E-state index in [1.54, 1.807) is 0 Å². The number of benzene rings is 1. The summed E-state index contributed by atoms with van der Waals surface area (Å²) in [4.78, 5) is 0. The van der Waals surface area contributed by atoms with E-state index in [0.717, 1.165) is 29.9 Å². The van der Waals surface area contributed by atoms with Gasteiger partial charge in [-0.3, -0.25) is 0 Å². The van der Waals surface area contributed by atoms with E-state index in [1.165, 1.54) is 5.52 Å². The summed E-state index contributed by atoms with van der Waals surface area (Å²) >= 11 is 6.23. The number of nitrogens with zero attached hydrogens (tertiary/aromatic N) is 1. The molecule has 2 aromatic rings. The first-order valence-electron chi connectivity index (χ1n) is 6.52. The molecule has 2 rings (SSSR count). The number of halogens is 1. The van der Waals surface area contributed by atoms with Crippen molar-refractivity contribution in [2.45, 2.75) is 39.3 Å². The Morgan fingerprint density at radius 3 is 2.72 bits per heavy atom. The van der Waals surface area contributed by atoms with Crippen LogP contribution in [0.15, 0.2) is 30.5 Å². The van der Waals surface area contributed by atoms with Gasteiger partial charge in [-0.2, -0.15) is 0 Å². The molecule has 3 heteroatoms. The number of para-hydroxylation sites is 1. The number of hydrogen-bond acceptors (Lipinski definition) is 1. The second kappa shape index (κ2) is 5.33. The second-order valence-corrected chi connectivity index (χ2v) is 5.76. The highest BCUT2D eigenvalue weighted by Crippen LogP contribution is 2.25. The first-order chi connectivity index (χ1) is 8.53. The predicted octanol–water partition coefficient (Wildman–Crippen LogP) is 4.07. The van der Waals surface area contributed by atoms with Gasteiger partial charge in [0.1, 0.15) is 0 Å². The second-order valence-electron chi connectivity index (χ2n) is 5.35. The Morgan fingerprint density at radius 2 is 2.00 bits per heavy atom. The third kappa shape index (κ3) is 2.88. The van der Waals surface area contributed by atoms with Crippen molar-refractivity contribution in [3.8, 4) is 0 Å². The molecule has 0 unspecified atom stereocenters. The quantitative estimate of drug-likeness (QED) is 0.861. The van der Waals surface area contributed by atoms with Gasteiger partial charge >= 0.3 is 0 Å². The molecule has 0 aliphatic carbocycles. The van der Waals surface area contributed by atoms with E-state index in [1.807, 2.05) is 12.3 Å². The minimum atomic E-state index is 0.201. The maximum atomic E-state index is 6.23. The summed E-state index contributed by atoms with van der Waals surface area (Å²) in [5.41, 5.74) is 1.41. The summed E-state index contributed by atoms with van der Waals surface area (Å²) < 4.78 is 2.22. The van der Waals surface area contributed by atoms with Gasteiger partial charge in [0.25, 0.3) is 0 Å². The van der Waals surface area contributed by atoms with Gasteiger partial charge in [0.2, 0.25) is 0 Å². The Kier molecular flexibility index (Phi) is 3.98. The third-order valence-corrected chi connectivity index (χ3v) is 3.88. The summed E-state index contributed by atoms with van der Waals surface area (Å²) in [6, 6.07) is 8.26. The third-order valence-electron chi connectivity index (χ3n) is 3.58. The van der Waals surface area contributed by atoms with Gasteiger partial charge < -0.3 is 9.88 Å². The summed E-state index contributed by atoms with van der Waals surface area (Å²) in [6.07, 6.45) is 3.15. The molecule has 0 saturated heterocycles. The van der Waals surface area contributed by atoms with Crippen molar-refractivity contribution in [2.75, 3.05) is 6.54 Å². The SMILES string of the molecule is CCC(C)(C)NCCn1cc(Cl)c2ccccc21. The van der Waals surface area contributed by atoms with Crippen molar-refractivity contribution in [2.24, 2.45) is 0 Å². The average molecular weight is 265 g/mol. The zero-order valence-electron chi connectivity index (χ0n) is 11.3. The van der Waals surface area contributed by atoms with Crippen molar-refractivity contribution in [1.82, 2.24) is 9.88 Å². The summed E-state index contributed by atoms with van der Waals surface area (Å²) in [5.74, 6) is 0. The highest BCUT2D eigenvalue weighted by atomic mass is 35.5. The van der Waals surface area contributed by atoms with E-state index in [0.29, 0.717) is 0 Å². The van der Waals surface area contributed by atoms with Crippen LogP contribution in [0.25, 0.3) is 10.9 Å². The molecule has 1 aromatic carbocycles. The maximum absolute atomic E-state index is 6.23. The Morgan fingerprint density at radius 1 is 1.28 bits per heavy atom. The molecule has 1 heterocycles. The Bertz CT molecular complexity index is 528. The van der Waals surface area contributed by atoms with Crippen molar-refractivity contribution < 1.29 is 0 Å². The van der Waals surface area contributed by atoms with Crippen LogP contribution < -0.4 is 5.32 Å². The topological polar surface area (TPSA) is 17.0 Å². The van der Waals surface area contributed by atoms with E-state index < -0.39 is 0 Å². The number of rotatable bonds is 5. The van der Waals surface area contributed by atoms with Crippen LogP contribution in [0, 0.1) is 0 Å². The molecule has 0 amide bonds. The zero-order valence-corrected chi connectivity index (χ0v) is 12.1. The molecule has 0 saturated carbocycles. The smallest absolute Gasteiger partial charge is 0.0661 e. The summed E-state index contributed by atoms with van der Waals surface area (Å²) in [5, 5.41) is 5.53. The first-order valence-corrected chi connectivity index (χ1v) is 6.90. The van der Waals surface area contributed by atoms with Gasteiger partial charge in [-0.05, 0) is 26.3 Å². The van der Waals surface area contributed by atoms with Crippen LogP contribution in [-0.4, -0.2) is 16.7 Å². The lowest BCUT2D eigenvalue weighted by molar-refractivity contribution is 0.369. The van der Waals surface area contributed by atoms with Gasteiger partial charge in [-0.15, -0.1) is 0 Å². The normalized spacial score (nSPS) is 12.2. The lowest BCUT2D eigenvalue weighted by Crippen LogP contribution is -2.40. The Labute approximate surface area is 114 Å². The highest BCUT2D eigenvalue weighted by Gasteiger charge is 2.13. The van der Waals surface area contributed by atoms with Crippen LogP contribution >= 0.6 is 11.6 Å². The lowest BCUT2D eigenvalue weighted by Gasteiger charge is -2.24. The zero-order chi connectivity index (χ0) is 13.2. The molecule has 0 spiro atoms. The van der Waals surface area contributed by atoms with Crippen LogP contribution in [0.1, 0.15) is 27.2 Å². The molecule has 1 N–H and O–H groups in total. The largest absolute Gasteiger partial charge is 0.345 e. The molecule has 2 nitrogen and oxygen atoms in total. The molecule has 0 radical (unpaired) electrons. The molecule has 0 bridgehead atoms. The predicted molar refractivity (Wildman–Crippen MR) is 79.3 cm³/mol. The van der Waals surface area contributed by atoms with Crippen LogP contribution in [0.3, 0.4) is 0 Å². The van der Waals surface area contributed by atoms with Gasteiger partial charge in [0.15, 0.2) is 0 Å². The number of nitrogens with one attached hydrogen (secondary N) is 1. The molecular weight excluding hydrogens is 244 g/mol. The fraction of sp³-hybridized carbons (Fsp3) is 0.467. The molecule has 0 aliphatic heterocycles. The van der Waals surface area contributed by atoms with E-state index in [9.17, 15) is 0 Å². The molecule has 0 fully saturated rings. The molecule has 98 valence electrons. The number of fused-ring (bicyclic) bond motifs is 1. The molecule has 1 aromatic heterocycles. The standard InChI is InChI=1S/C15H21ClN2/c1-4-15(2,3)17-9-10-18-11-13(16)12-7-5-6-8-14(12)18/h5-8,11,17H,4,9-10H2,1-3H3. The van der Waals surface area contributed by atoms with E-state index >= 15 is 0 Å². The van der Waals surface area contributed by atoms with Gasteiger partial charge in [0.05, 0.1) is 5.02 Å².